The summed E-state index contributed by atoms with van der Waals surface area (Å²) in [6.45, 7) is 0.539. The van der Waals surface area contributed by atoms with Crippen molar-refractivity contribution < 1.29 is 4.79 Å². The summed E-state index contributed by atoms with van der Waals surface area (Å²) < 4.78 is 1.74. The fourth-order valence-corrected chi connectivity index (χ4v) is 2.73. The van der Waals surface area contributed by atoms with Crippen LogP contribution in [0.15, 0.2) is 36.8 Å². The quantitative estimate of drug-likeness (QED) is 0.619. The monoisotopic (exact) mass is 383 g/mol. The summed E-state index contributed by atoms with van der Waals surface area (Å²) in [6, 6.07) is 5.63. The minimum absolute atomic E-state index is 0.0564. The van der Waals surface area contributed by atoms with Crippen molar-refractivity contribution in [2.75, 3.05) is 32.5 Å². The molecule has 0 fully saturated rings. The first-order valence-corrected chi connectivity index (χ1v) is 8.78. The number of hydrogen-bond acceptors (Lipinski definition) is 6. The van der Waals surface area contributed by atoms with Crippen LogP contribution in [-0.4, -0.2) is 62.7 Å². The molecule has 8 nitrogen and oxygen atoms in total. The largest absolute Gasteiger partial charge is 0.355 e. The lowest BCUT2D eigenvalue weighted by Gasteiger charge is -2.12. The van der Waals surface area contributed by atoms with Crippen molar-refractivity contribution in [1.82, 2.24) is 30.0 Å². The number of thiocarbonyl (C=S) groups is 1. The molecule has 0 spiro atoms. The van der Waals surface area contributed by atoms with Crippen molar-refractivity contribution >= 4 is 40.0 Å². The van der Waals surface area contributed by atoms with Crippen molar-refractivity contribution in [3.05, 3.63) is 36.8 Å². The predicted octanol–water partition coefficient (Wildman–Crippen LogP) is 1.45. The van der Waals surface area contributed by atoms with Crippen molar-refractivity contribution in [2.24, 2.45) is 7.05 Å². The van der Waals surface area contributed by atoms with E-state index in [9.17, 15) is 4.79 Å². The summed E-state index contributed by atoms with van der Waals surface area (Å²) in [7, 11) is 5.57. The van der Waals surface area contributed by atoms with E-state index in [2.05, 4.69) is 25.7 Å². The smallest absolute Gasteiger partial charge is 0.172 e. The van der Waals surface area contributed by atoms with Gasteiger partial charge >= 0.3 is 0 Å². The third kappa shape index (κ3) is 5.05. The molecule has 0 radical (unpaired) electrons. The lowest BCUT2D eigenvalue weighted by molar-refractivity contribution is -0.118. The maximum atomic E-state index is 11.7. The molecule has 140 valence electrons. The SMILES string of the molecule is CN(C)CC(=O)CNC(=S)Nc1ccc2ncc(-c3cnn(C)c3)cc2n1. The highest BCUT2D eigenvalue weighted by Crippen LogP contribution is 2.22. The molecule has 0 bridgehead atoms. The van der Waals surface area contributed by atoms with Crippen LogP contribution >= 0.6 is 12.2 Å². The predicted molar refractivity (Wildman–Crippen MR) is 110 cm³/mol. The second kappa shape index (κ2) is 8.19. The van der Waals surface area contributed by atoms with Crippen LogP contribution < -0.4 is 10.6 Å². The molecule has 0 aromatic carbocycles. The van der Waals surface area contributed by atoms with Gasteiger partial charge in [0.15, 0.2) is 10.9 Å². The average molecular weight is 383 g/mol. The van der Waals surface area contributed by atoms with E-state index in [0.717, 1.165) is 22.2 Å². The summed E-state index contributed by atoms with van der Waals surface area (Å²) in [5.41, 5.74) is 3.44. The Kier molecular flexibility index (Phi) is 5.72. The second-order valence-corrected chi connectivity index (χ2v) is 6.85. The first kappa shape index (κ1) is 18.9. The molecule has 0 amide bonds. The maximum absolute atomic E-state index is 11.7. The van der Waals surface area contributed by atoms with E-state index in [1.807, 2.05) is 44.4 Å². The highest BCUT2D eigenvalue weighted by atomic mass is 32.1. The standard InChI is InChI=1S/C18H21N7OS/c1-24(2)11-14(26)9-20-18(27)23-17-5-4-15-16(22-17)6-12(7-19-15)13-8-21-25(3)10-13/h4-8,10H,9,11H2,1-3H3,(H2,20,22,23,27). The number of aromatic nitrogens is 4. The zero-order valence-corrected chi connectivity index (χ0v) is 16.2. The Morgan fingerprint density at radius 1 is 1.22 bits per heavy atom. The Balaban J connectivity index is 1.70. The van der Waals surface area contributed by atoms with Crippen LogP contribution in [0.3, 0.4) is 0 Å². The number of rotatable bonds is 6. The lowest BCUT2D eigenvalue weighted by Crippen LogP contribution is -2.36. The normalized spacial score (nSPS) is 11.0. The van der Waals surface area contributed by atoms with Gasteiger partial charge in [-0.05, 0) is 44.5 Å². The molecule has 0 atom stereocenters. The number of ketones is 1. The number of fused-ring (bicyclic) bond motifs is 1. The fourth-order valence-electron chi connectivity index (χ4n) is 2.55. The number of pyridine rings is 2. The van der Waals surface area contributed by atoms with Crippen LogP contribution in [0.4, 0.5) is 5.82 Å². The number of carbonyl (C=O) groups excluding carboxylic acids is 1. The van der Waals surface area contributed by atoms with Gasteiger partial charge in [0.1, 0.15) is 5.82 Å². The van der Waals surface area contributed by atoms with Gasteiger partial charge in [-0.3, -0.25) is 14.5 Å². The van der Waals surface area contributed by atoms with E-state index >= 15 is 0 Å². The summed E-state index contributed by atoms with van der Waals surface area (Å²) in [5.74, 6) is 0.645. The molecular weight excluding hydrogens is 362 g/mol. The minimum Gasteiger partial charge on any atom is -0.355 e. The van der Waals surface area contributed by atoms with Gasteiger partial charge in [0.25, 0.3) is 0 Å². The summed E-state index contributed by atoms with van der Waals surface area (Å²) in [6.07, 6.45) is 5.51. The van der Waals surface area contributed by atoms with E-state index in [-0.39, 0.29) is 12.3 Å². The summed E-state index contributed by atoms with van der Waals surface area (Å²) >= 11 is 5.24. The first-order chi connectivity index (χ1) is 12.9. The Hall–Kier alpha value is -2.91. The summed E-state index contributed by atoms with van der Waals surface area (Å²) in [4.78, 5) is 22.6. The fraction of sp³-hybridized carbons (Fsp3) is 0.278. The lowest BCUT2D eigenvalue weighted by atomic mass is 10.1. The molecule has 0 aliphatic carbocycles. The van der Waals surface area contributed by atoms with Gasteiger partial charge < -0.3 is 15.5 Å². The van der Waals surface area contributed by atoms with E-state index in [1.165, 1.54) is 0 Å². The highest BCUT2D eigenvalue weighted by Gasteiger charge is 2.07. The zero-order valence-electron chi connectivity index (χ0n) is 15.4. The van der Waals surface area contributed by atoms with Crippen molar-refractivity contribution in [3.8, 4) is 11.1 Å². The molecule has 3 heterocycles. The van der Waals surface area contributed by atoms with Gasteiger partial charge in [-0.1, -0.05) is 0 Å². The number of anilines is 1. The molecule has 0 aliphatic rings. The first-order valence-electron chi connectivity index (χ1n) is 8.38. The van der Waals surface area contributed by atoms with Gasteiger partial charge in [-0.2, -0.15) is 5.10 Å². The van der Waals surface area contributed by atoms with Crippen LogP contribution in [0.5, 0.6) is 0 Å². The number of aryl methyl sites for hydroxylation is 1. The Morgan fingerprint density at radius 2 is 2.04 bits per heavy atom. The number of carbonyl (C=O) groups is 1. The van der Waals surface area contributed by atoms with Crippen LogP contribution in [0.25, 0.3) is 22.2 Å². The third-order valence-electron chi connectivity index (χ3n) is 3.76. The number of Topliss-reactive ketones (excluding diaryl/α,β-unsaturated/α-hetero) is 1. The molecule has 0 saturated carbocycles. The number of nitrogens with one attached hydrogen (secondary N) is 2. The highest BCUT2D eigenvalue weighted by molar-refractivity contribution is 7.80. The third-order valence-corrected chi connectivity index (χ3v) is 4.00. The molecule has 0 aliphatic heterocycles. The van der Waals surface area contributed by atoms with Gasteiger partial charge in [0.05, 0.1) is 30.3 Å². The molecule has 0 unspecified atom stereocenters. The zero-order chi connectivity index (χ0) is 19.4. The maximum Gasteiger partial charge on any atom is 0.172 e. The van der Waals surface area contributed by atoms with Crippen molar-refractivity contribution in [1.29, 1.82) is 0 Å². The van der Waals surface area contributed by atoms with E-state index in [4.69, 9.17) is 12.2 Å². The van der Waals surface area contributed by atoms with Gasteiger partial charge in [-0.25, -0.2) is 4.98 Å². The van der Waals surface area contributed by atoms with Crippen molar-refractivity contribution in [2.45, 2.75) is 0 Å². The Morgan fingerprint density at radius 3 is 2.74 bits per heavy atom. The Bertz CT molecular complexity index is 983. The van der Waals surface area contributed by atoms with Crippen LogP contribution in [0.1, 0.15) is 0 Å². The topological polar surface area (TPSA) is 88.0 Å². The number of nitrogens with zero attached hydrogens (tertiary/aromatic N) is 5. The molecule has 9 heteroatoms. The van der Waals surface area contributed by atoms with Gasteiger partial charge in [-0.15, -0.1) is 0 Å². The van der Waals surface area contributed by atoms with E-state index in [0.29, 0.717) is 17.5 Å². The Labute approximate surface area is 162 Å². The molecule has 27 heavy (non-hydrogen) atoms. The number of likely N-dealkylation sites (N-methyl/N-ethyl adjacent to an activating group) is 1. The van der Waals surface area contributed by atoms with E-state index in [1.54, 1.807) is 23.1 Å². The summed E-state index contributed by atoms with van der Waals surface area (Å²) in [5, 5.41) is 10.4. The molecule has 3 aromatic heterocycles. The molecule has 2 N–H and O–H groups in total. The van der Waals surface area contributed by atoms with Crippen LogP contribution in [0.2, 0.25) is 0 Å². The average Bonchev–Trinajstić information content (AvgIpc) is 3.05. The molecular formula is C18H21N7OS. The molecule has 0 saturated heterocycles. The minimum atomic E-state index is 0.0564. The van der Waals surface area contributed by atoms with Gasteiger partial charge in [0.2, 0.25) is 0 Å². The number of hydrogen-bond donors (Lipinski definition) is 2. The van der Waals surface area contributed by atoms with Crippen molar-refractivity contribution in [3.63, 3.8) is 0 Å². The van der Waals surface area contributed by atoms with Crippen LogP contribution in [-0.2, 0) is 11.8 Å². The molecule has 3 rings (SSSR count). The molecule has 3 aromatic rings. The van der Waals surface area contributed by atoms with Crippen LogP contribution in [0, 0.1) is 0 Å². The van der Waals surface area contributed by atoms with Gasteiger partial charge in [0, 0.05) is 30.6 Å². The second-order valence-electron chi connectivity index (χ2n) is 6.45. The van der Waals surface area contributed by atoms with E-state index < -0.39 is 0 Å².